The second-order valence-corrected chi connectivity index (χ2v) is 3.71. The zero-order valence-corrected chi connectivity index (χ0v) is 8.15. The topological polar surface area (TPSA) is 77.8 Å². The van der Waals surface area contributed by atoms with E-state index in [0.29, 0.717) is 5.57 Å². The maximum Gasteiger partial charge on any atom is 0.256 e. The molecule has 0 spiro atoms. The molecule has 0 saturated carbocycles. The van der Waals surface area contributed by atoms with Gasteiger partial charge in [0.2, 0.25) is 0 Å². The molecule has 0 radical (unpaired) electrons. The smallest absolute Gasteiger partial charge is 0.256 e. The van der Waals surface area contributed by atoms with Crippen LogP contribution >= 0.6 is 0 Å². The van der Waals surface area contributed by atoms with Gasteiger partial charge in [0.1, 0.15) is 5.60 Å². The molecule has 0 fully saturated rings. The Morgan fingerprint density at radius 1 is 1.50 bits per heavy atom. The van der Waals surface area contributed by atoms with Gasteiger partial charge in [0.05, 0.1) is 13.2 Å². The highest BCUT2D eigenvalue weighted by Crippen LogP contribution is 2.15. The Morgan fingerprint density at radius 3 is 2.43 bits per heavy atom. The predicted octanol–water partition coefficient (Wildman–Crippen LogP) is -0.955. The average Bonchev–Trinajstić information content (AvgIpc) is 2.32. The van der Waals surface area contributed by atoms with E-state index in [1.807, 2.05) is 0 Å². The monoisotopic (exact) mass is 199 g/mol. The minimum absolute atomic E-state index is 0.186. The molecule has 0 aromatic carbocycles. The van der Waals surface area contributed by atoms with Crippen molar-refractivity contribution in [2.75, 3.05) is 13.2 Å². The molecule has 1 atom stereocenters. The summed E-state index contributed by atoms with van der Waals surface area (Å²) in [6, 6.07) is 0. The van der Waals surface area contributed by atoms with Crippen LogP contribution in [-0.4, -0.2) is 45.7 Å². The van der Waals surface area contributed by atoms with Crippen LogP contribution < -0.4 is 0 Å². The van der Waals surface area contributed by atoms with Crippen molar-refractivity contribution in [3.05, 3.63) is 11.6 Å². The van der Waals surface area contributed by atoms with E-state index in [1.165, 1.54) is 19.9 Å². The van der Waals surface area contributed by atoms with Crippen molar-refractivity contribution >= 4 is 11.8 Å². The number of hydrogen-bond donors (Lipinski definition) is 2. The van der Waals surface area contributed by atoms with Gasteiger partial charge in [-0.05, 0) is 13.8 Å². The SMILES string of the molecule is CC1=CC(=O)N(CC(C)(O)CO)C1=O. The Kier molecular flexibility index (Phi) is 2.73. The van der Waals surface area contributed by atoms with Gasteiger partial charge in [0.25, 0.3) is 11.8 Å². The van der Waals surface area contributed by atoms with E-state index < -0.39 is 24.0 Å². The summed E-state index contributed by atoms with van der Waals surface area (Å²) >= 11 is 0. The molecular formula is C9H13NO4. The quantitative estimate of drug-likeness (QED) is 0.574. The number of aliphatic hydroxyl groups excluding tert-OH is 1. The van der Waals surface area contributed by atoms with Gasteiger partial charge in [-0.15, -0.1) is 0 Å². The van der Waals surface area contributed by atoms with E-state index in [4.69, 9.17) is 5.11 Å². The van der Waals surface area contributed by atoms with Crippen molar-refractivity contribution in [1.82, 2.24) is 4.90 Å². The lowest BCUT2D eigenvalue weighted by molar-refractivity contribution is -0.142. The first-order valence-electron chi connectivity index (χ1n) is 4.25. The summed E-state index contributed by atoms with van der Waals surface area (Å²) in [5.74, 6) is -0.857. The molecule has 14 heavy (non-hydrogen) atoms. The number of imide groups is 1. The Balaban J connectivity index is 2.74. The lowest BCUT2D eigenvalue weighted by atomic mass is 10.1. The average molecular weight is 199 g/mol. The Hall–Kier alpha value is -1.20. The standard InChI is InChI=1S/C9H13NO4/c1-6-3-7(12)10(8(6)13)4-9(2,14)5-11/h3,11,14H,4-5H2,1-2H3. The Morgan fingerprint density at radius 2 is 2.07 bits per heavy atom. The lowest BCUT2D eigenvalue weighted by Crippen LogP contribution is -2.46. The third-order valence-electron chi connectivity index (χ3n) is 2.03. The number of hydrogen-bond acceptors (Lipinski definition) is 4. The van der Waals surface area contributed by atoms with Crippen LogP contribution in [0.2, 0.25) is 0 Å². The number of nitrogens with zero attached hydrogens (tertiary/aromatic N) is 1. The van der Waals surface area contributed by atoms with E-state index in [2.05, 4.69) is 0 Å². The number of carbonyl (C=O) groups is 2. The summed E-state index contributed by atoms with van der Waals surface area (Å²) in [5, 5.41) is 18.3. The van der Waals surface area contributed by atoms with Crippen LogP contribution in [0.15, 0.2) is 11.6 Å². The van der Waals surface area contributed by atoms with E-state index >= 15 is 0 Å². The van der Waals surface area contributed by atoms with Gasteiger partial charge >= 0.3 is 0 Å². The van der Waals surface area contributed by atoms with Gasteiger partial charge in [-0.3, -0.25) is 14.5 Å². The maximum atomic E-state index is 11.4. The first-order chi connectivity index (χ1) is 6.37. The zero-order chi connectivity index (χ0) is 10.9. The Labute approximate surface area is 81.6 Å². The maximum absolute atomic E-state index is 11.4. The molecule has 1 unspecified atom stereocenters. The van der Waals surface area contributed by atoms with Crippen molar-refractivity contribution in [3.8, 4) is 0 Å². The van der Waals surface area contributed by atoms with Crippen LogP contribution in [0.25, 0.3) is 0 Å². The summed E-state index contributed by atoms with van der Waals surface area (Å²) in [6.45, 7) is 2.22. The van der Waals surface area contributed by atoms with E-state index in [1.54, 1.807) is 0 Å². The first-order valence-corrected chi connectivity index (χ1v) is 4.25. The zero-order valence-electron chi connectivity index (χ0n) is 8.15. The first kappa shape index (κ1) is 10.9. The molecule has 2 amide bonds. The van der Waals surface area contributed by atoms with Crippen LogP contribution in [0, 0.1) is 0 Å². The Bertz CT molecular complexity index is 306. The van der Waals surface area contributed by atoms with Gasteiger partial charge in [-0.25, -0.2) is 0 Å². The number of amides is 2. The molecule has 1 aliphatic heterocycles. The number of rotatable bonds is 3. The molecule has 0 bridgehead atoms. The summed E-state index contributed by atoms with van der Waals surface area (Å²) < 4.78 is 0. The van der Waals surface area contributed by atoms with Gasteiger partial charge in [0.15, 0.2) is 0 Å². The normalized spacial score (nSPS) is 21.1. The molecule has 2 N–H and O–H groups in total. The molecule has 1 aliphatic rings. The van der Waals surface area contributed by atoms with E-state index in [-0.39, 0.29) is 6.54 Å². The van der Waals surface area contributed by atoms with Crippen LogP contribution in [0.1, 0.15) is 13.8 Å². The van der Waals surface area contributed by atoms with Gasteiger partial charge in [-0.1, -0.05) is 0 Å². The number of β-amino-alcohol motifs (C(OH)–C–C–N with tert-alkyl or cyclic N) is 1. The van der Waals surface area contributed by atoms with Gasteiger partial charge in [0, 0.05) is 11.6 Å². The fourth-order valence-corrected chi connectivity index (χ4v) is 1.18. The minimum Gasteiger partial charge on any atom is -0.393 e. The molecule has 0 aromatic rings. The highest BCUT2D eigenvalue weighted by atomic mass is 16.3. The van der Waals surface area contributed by atoms with Crippen LogP contribution in [0.3, 0.4) is 0 Å². The molecule has 1 heterocycles. The summed E-state index contributed by atoms with van der Waals surface area (Å²) in [7, 11) is 0. The summed E-state index contributed by atoms with van der Waals surface area (Å²) in [5.41, 5.74) is -1.09. The van der Waals surface area contributed by atoms with Crippen LogP contribution in [0.4, 0.5) is 0 Å². The third-order valence-corrected chi connectivity index (χ3v) is 2.03. The predicted molar refractivity (Wildman–Crippen MR) is 48.2 cm³/mol. The lowest BCUT2D eigenvalue weighted by Gasteiger charge is -2.25. The molecule has 5 nitrogen and oxygen atoms in total. The fourth-order valence-electron chi connectivity index (χ4n) is 1.18. The highest BCUT2D eigenvalue weighted by molar-refractivity contribution is 6.15. The van der Waals surface area contributed by atoms with Gasteiger partial charge in [-0.2, -0.15) is 0 Å². The van der Waals surface area contributed by atoms with Crippen molar-refractivity contribution in [2.24, 2.45) is 0 Å². The number of aliphatic hydroxyl groups is 2. The van der Waals surface area contributed by atoms with E-state index in [9.17, 15) is 14.7 Å². The molecule has 78 valence electrons. The van der Waals surface area contributed by atoms with Gasteiger partial charge < -0.3 is 10.2 Å². The highest BCUT2D eigenvalue weighted by Gasteiger charge is 2.34. The van der Waals surface area contributed by atoms with Crippen LogP contribution in [0.5, 0.6) is 0 Å². The summed E-state index contributed by atoms with van der Waals surface area (Å²) in [6.07, 6.45) is 1.22. The fraction of sp³-hybridized carbons (Fsp3) is 0.556. The number of carbonyl (C=O) groups excluding carboxylic acids is 2. The van der Waals surface area contributed by atoms with Crippen molar-refractivity contribution in [3.63, 3.8) is 0 Å². The van der Waals surface area contributed by atoms with Crippen molar-refractivity contribution in [1.29, 1.82) is 0 Å². The minimum atomic E-state index is -1.44. The largest absolute Gasteiger partial charge is 0.393 e. The molecular weight excluding hydrogens is 186 g/mol. The van der Waals surface area contributed by atoms with Crippen molar-refractivity contribution < 1.29 is 19.8 Å². The second kappa shape index (κ2) is 3.51. The second-order valence-electron chi connectivity index (χ2n) is 3.71. The third kappa shape index (κ3) is 2.00. The molecule has 5 heteroatoms. The molecule has 1 rings (SSSR count). The van der Waals surface area contributed by atoms with E-state index in [0.717, 1.165) is 4.90 Å². The molecule has 0 aliphatic carbocycles. The molecule has 0 saturated heterocycles. The molecule has 0 aromatic heterocycles. The summed E-state index contributed by atoms with van der Waals surface area (Å²) in [4.78, 5) is 23.5. The van der Waals surface area contributed by atoms with Crippen molar-refractivity contribution in [2.45, 2.75) is 19.4 Å². The van der Waals surface area contributed by atoms with Crippen LogP contribution in [-0.2, 0) is 9.59 Å².